The highest BCUT2D eigenvalue weighted by Crippen LogP contribution is 2.16. The van der Waals surface area contributed by atoms with Crippen LogP contribution in [0.2, 0.25) is 0 Å². The van der Waals surface area contributed by atoms with Crippen LogP contribution >= 0.6 is 0 Å². The van der Waals surface area contributed by atoms with Gasteiger partial charge in [0.1, 0.15) is 5.60 Å². The molecule has 1 aromatic carbocycles. The first-order valence-electron chi connectivity index (χ1n) is 8.18. The summed E-state index contributed by atoms with van der Waals surface area (Å²) in [5.41, 5.74) is 0.855. The van der Waals surface area contributed by atoms with Crippen molar-refractivity contribution in [1.82, 2.24) is 15.5 Å². The minimum atomic E-state index is -0.447. The second-order valence-corrected chi connectivity index (χ2v) is 6.88. The highest BCUT2D eigenvalue weighted by atomic mass is 16.6. The van der Waals surface area contributed by atoms with Crippen molar-refractivity contribution < 1.29 is 9.53 Å². The molecule has 1 unspecified atom stereocenters. The van der Waals surface area contributed by atoms with Crippen molar-refractivity contribution in [3.05, 3.63) is 35.9 Å². The number of likely N-dealkylation sites (N-methyl/N-ethyl adjacent to an activating group) is 1. The SMILES string of the molecule is CN(C)C(CNCCCNC(=O)OC(C)(C)C)c1ccccc1. The summed E-state index contributed by atoms with van der Waals surface area (Å²) in [5, 5.41) is 6.22. The van der Waals surface area contributed by atoms with Crippen molar-refractivity contribution in [2.75, 3.05) is 33.7 Å². The van der Waals surface area contributed by atoms with Crippen LogP contribution in [0, 0.1) is 0 Å². The Bertz CT molecular complexity index is 455. The number of nitrogens with zero attached hydrogens (tertiary/aromatic N) is 1. The molecule has 1 rings (SSSR count). The fourth-order valence-corrected chi connectivity index (χ4v) is 2.23. The molecule has 0 aliphatic rings. The van der Waals surface area contributed by atoms with Gasteiger partial charge in [-0.3, -0.25) is 0 Å². The molecular weight excluding hydrogens is 290 g/mol. The lowest BCUT2D eigenvalue weighted by Gasteiger charge is -2.25. The van der Waals surface area contributed by atoms with Gasteiger partial charge in [-0.2, -0.15) is 0 Å². The molecule has 5 nitrogen and oxygen atoms in total. The van der Waals surface area contributed by atoms with E-state index in [1.807, 2.05) is 26.8 Å². The van der Waals surface area contributed by atoms with E-state index >= 15 is 0 Å². The van der Waals surface area contributed by atoms with E-state index in [1.54, 1.807) is 0 Å². The van der Waals surface area contributed by atoms with Crippen molar-refractivity contribution >= 4 is 6.09 Å². The Morgan fingerprint density at radius 2 is 1.83 bits per heavy atom. The van der Waals surface area contributed by atoms with E-state index in [0.717, 1.165) is 19.5 Å². The lowest BCUT2D eigenvalue weighted by molar-refractivity contribution is 0.0527. The van der Waals surface area contributed by atoms with E-state index in [0.29, 0.717) is 12.6 Å². The lowest BCUT2D eigenvalue weighted by Crippen LogP contribution is -2.35. The molecule has 130 valence electrons. The van der Waals surface area contributed by atoms with Crippen molar-refractivity contribution in [3.63, 3.8) is 0 Å². The maximum absolute atomic E-state index is 11.5. The van der Waals surface area contributed by atoms with Gasteiger partial charge in [0, 0.05) is 19.1 Å². The van der Waals surface area contributed by atoms with Crippen LogP contribution in [0.25, 0.3) is 0 Å². The summed E-state index contributed by atoms with van der Waals surface area (Å²) in [6.45, 7) is 7.92. The lowest BCUT2D eigenvalue weighted by atomic mass is 10.1. The van der Waals surface area contributed by atoms with Crippen molar-refractivity contribution in [3.8, 4) is 0 Å². The van der Waals surface area contributed by atoms with Crippen molar-refractivity contribution in [1.29, 1.82) is 0 Å². The molecule has 23 heavy (non-hydrogen) atoms. The second-order valence-electron chi connectivity index (χ2n) is 6.88. The third-order valence-electron chi connectivity index (χ3n) is 3.34. The zero-order chi connectivity index (χ0) is 17.3. The molecule has 0 heterocycles. The maximum Gasteiger partial charge on any atom is 0.407 e. The molecule has 1 atom stereocenters. The quantitative estimate of drug-likeness (QED) is 0.723. The van der Waals surface area contributed by atoms with Crippen LogP contribution in [0.5, 0.6) is 0 Å². The van der Waals surface area contributed by atoms with Crippen LogP contribution in [-0.2, 0) is 4.74 Å². The van der Waals surface area contributed by atoms with E-state index in [1.165, 1.54) is 5.56 Å². The Hall–Kier alpha value is -1.59. The third kappa shape index (κ3) is 8.57. The Balaban J connectivity index is 2.22. The van der Waals surface area contributed by atoms with Gasteiger partial charge in [0.2, 0.25) is 0 Å². The molecular formula is C18H31N3O2. The number of alkyl carbamates (subject to hydrolysis) is 1. The summed E-state index contributed by atoms with van der Waals surface area (Å²) in [5.74, 6) is 0. The predicted molar refractivity (Wildman–Crippen MR) is 94.6 cm³/mol. The number of rotatable bonds is 8. The topological polar surface area (TPSA) is 53.6 Å². The number of hydrogen-bond donors (Lipinski definition) is 2. The number of benzene rings is 1. The van der Waals surface area contributed by atoms with E-state index in [2.05, 4.69) is 53.9 Å². The molecule has 0 aromatic heterocycles. The molecule has 0 saturated heterocycles. The molecule has 1 aromatic rings. The largest absolute Gasteiger partial charge is 0.444 e. The zero-order valence-corrected chi connectivity index (χ0v) is 15.1. The predicted octanol–water partition coefficient (Wildman–Crippen LogP) is 2.79. The first kappa shape index (κ1) is 19.5. The number of ether oxygens (including phenoxy) is 1. The highest BCUT2D eigenvalue weighted by Gasteiger charge is 2.15. The van der Waals surface area contributed by atoms with Gasteiger partial charge in [0.05, 0.1) is 0 Å². The van der Waals surface area contributed by atoms with Gasteiger partial charge < -0.3 is 20.3 Å². The summed E-state index contributed by atoms with van der Waals surface area (Å²) in [7, 11) is 4.17. The van der Waals surface area contributed by atoms with Crippen LogP contribution in [0.3, 0.4) is 0 Å². The van der Waals surface area contributed by atoms with Gasteiger partial charge in [0.15, 0.2) is 0 Å². The Kier molecular flexibility index (Phi) is 8.06. The summed E-state index contributed by atoms with van der Waals surface area (Å²) < 4.78 is 5.19. The molecule has 0 saturated carbocycles. The highest BCUT2D eigenvalue weighted by molar-refractivity contribution is 5.67. The number of carbonyl (C=O) groups excluding carboxylic acids is 1. The summed E-state index contributed by atoms with van der Waals surface area (Å²) in [4.78, 5) is 13.7. The minimum absolute atomic E-state index is 0.343. The van der Waals surface area contributed by atoms with Gasteiger partial charge in [-0.25, -0.2) is 4.79 Å². The number of hydrogen-bond acceptors (Lipinski definition) is 4. The molecule has 0 aliphatic carbocycles. The van der Waals surface area contributed by atoms with Crippen LogP contribution in [0.4, 0.5) is 4.79 Å². The minimum Gasteiger partial charge on any atom is -0.444 e. The fraction of sp³-hybridized carbons (Fsp3) is 0.611. The van der Waals surface area contributed by atoms with E-state index in [-0.39, 0.29) is 6.09 Å². The molecule has 2 N–H and O–H groups in total. The van der Waals surface area contributed by atoms with Crippen molar-refractivity contribution in [2.45, 2.75) is 38.8 Å². The number of amides is 1. The van der Waals surface area contributed by atoms with Crippen LogP contribution < -0.4 is 10.6 Å². The molecule has 0 bridgehead atoms. The Morgan fingerprint density at radius 1 is 1.17 bits per heavy atom. The first-order valence-corrected chi connectivity index (χ1v) is 8.18. The van der Waals surface area contributed by atoms with Gasteiger partial charge in [-0.05, 0) is 53.4 Å². The monoisotopic (exact) mass is 321 g/mol. The Labute approximate surface area is 140 Å². The summed E-state index contributed by atoms with van der Waals surface area (Å²) in [6.07, 6.45) is 0.515. The normalized spacial score (nSPS) is 13.0. The van der Waals surface area contributed by atoms with E-state index < -0.39 is 5.60 Å². The summed E-state index contributed by atoms with van der Waals surface area (Å²) in [6, 6.07) is 10.8. The van der Waals surface area contributed by atoms with E-state index in [9.17, 15) is 4.79 Å². The first-order chi connectivity index (χ1) is 10.8. The third-order valence-corrected chi connectivity index (χ3v) is 3.34. The maximum atomic E-state index is 11.5. The zero-order valence-electron chi connectivity index (χ0n) is 15.1. The fourth-order valence-electron chi connectivity index (χ4n) is 2.23. The molecule has 5 heteroatoms. The molecule has 0 fully saturated rings. The molecule has 0 radical (unpaired) electrons. The average molecular weight is 321 g/mol. The second kappa shape index (κ2) is 9.53. The average Bonchev–Trinajstić information content (AvgIpc) is 2.45. The van der Waals surface area contributed by atoms with Crippen LogP contribution in [-0.4, -0.2) is 50.3 Å². The number of carbonyl (C=O) groups is 1. The smallest absolute Gasteiger partial charge is 0.407 e. The van der Waals surface area contributed by atoms with Gasteiger partial charge in [-0.1, -0.05) is 30.3 Å². The molecule has 0 spiro atoms. The molecule has 0 aliphatic heterocycles. The van der Waals surface area contributed by atoms with Gasteiger partial charge in [0.25, 0.3) is 0 Å². The van der Waals surface area contributed by atoms with Gasteiger partial charge in [-0.15, -0.1) is 0 Å². The summed E-state index contributed by atoms with van der Waals surface area (Å²) >= 11 is 0. The Morgan fingerprint density at radius 3 is 2.39 bits per heavy atom. The molecule has 1 amide bonds. The van der Waals surface area contributed by atoms with E-state index in [4.69, 9.17) is 4.74 Å². The standard InChI is InChI=1S/C18H31N3O2/c1-18(2,3)23-17(22)20-13-9-12-19-14-16(21(4)5)15-10-7-6-8-11-15/h6-8,10-11,16,19H,9,12-14H2,1-5H3,(H,20,22). The van der Waals surface area contributed by atoms with Crippen LogP contribution in [0.1, 0.15) is 38.8 Å². The number of nitrogens with one attached hydrogen (secondary N) is 2. The van der Waals surface area contributed by atoms with Crippen molar-refractivity contribution in [2.24, 2.45) is 0 Å². The van der Waals surface area contributed by atoms with Crippen LogP contribution in [0.15, 0.2) is 30.3 Å². The van der Waals surface area contributed by atoms with Gasteiger partial charge >= 0.3 is 6.09 Å².